The summed E-state index contributed by atoms with van der Waals surface area (Å²) in [4.78, 5) is 0. The fourth-order valence-corrected chi connectivity index (χ4v) is 3.40. The van der Waals surface area contributed by atoms with Crippen LogP contribution in [0.1, 0.15) is 35.7 Å². The zero-order chi connectivity index (χ0) is 21.7. The average Bonchev–Trinajstić information content (AvgIpc) is 2.77. The maximum Gasteiger partial charge on any atom is 0.416 e. The first-order valence-corrected chi connectivity index (χ1v) is 9.61. The minimum atomic E-state index is -4.38. The second-order valence-electron chi connectivity index (χ2n) is 7.07. The lowest BCUT2D eigenvalue weighted by Gasteiger charge is -2.23. The summed E-state index contributed by atoms with van der Waals surface area (Å²) in [7, 11) is 1.52. The molecule has 6 heteroatoms. The number of hydrogen-bond acceptors (Lipinski definition) is 3. The van der Waals surface area contributed by atoms with Crippen molar-refractivity contribution in [1.82, 2.24) is 5.32 Å². The molecule has 2 atom stereocenters. The lowest BCUT2D eigenvalue weighted by molar-refractivity contribution is -0.137. The molecule has 30 heavy (non-hydrogen) atoms. The van der Waals surface area contributed by atoms with Crippen LogP contribution < -0.4 is 10.1 Å². The number of hydrogen-bond donors (Lipinski definition) is 2. The third-order valence-corrected chi connectivity index (χ3v) is 5.08. The van der Waals surface area contributed by atoms with E-state index in [1.807, 2.05) is 49.4 Å². The number of alkyl halides is 3. The third kappa shape index (κ3) is 5.01. The Hall–Kier alpha value is -2.83. The Morgan fingerprint density at radius 2 is 1.60 bits per heavy atom. The van der Waals surface area contributed by atoms with E-state index in [9.17, 15) is 18.3 Å². The van der Waals surface area contributed by atoms with E-state index in [-0.39, 0.29) is 18.7 Å². The summed E-state index contributed by atoms with van der Waals surface area (Å²) in [6.45, 7) is 1.88. The first kappa shape index (κ1) is 21.9. The van der Waals surface area contributed by atoms with E-state index in [1.165, 1.54) is 19.2 Å². The first-order chi connectivity index (χ1) is 14.3. The Morgan fingerprint density at radius 3 is 2.17 bits per heavy atom. The maximum absolute atomic E-state index is 12.9. The Balaban J connectivity index is 1.91. The number of benzene rings is 3. The van der Waals surface area contributed by atoms with Gasteiger partial charge in [0, 0.05) is 11.6 Å². The van der Waals surface area contributed by atoms with E-state index in [0.29, 0.717) is 16.9 Å². The SMILES string of the molecule is COc1ccc([C@H](CO)N[C@H](C)c2ccccc2)cc1-c1ccc(C(F)(F)F)cc1. The quantitative estimate of drug-likeness (QED) is 0.515. The van der Waals surface area contributed by atoms with Gasteiger partial charge >= 0.3 is 6.18 Å². The molecule has 0 aliphatic rings. The van der Waals surface area contributed by atoms with Crippen molar-refractivity contribution in [1.29, 1.82) is 0 Å². The van der Waals surface area contributed by atoms with Crippen molar-refractivity contribution >= 4 is 0 Å². The molecule has 0 spiro atoms. The van der Waals surface area contributed by atoms with Crippen molar-refractivity contribution in [2.24, 2.45) is 0 Å². The molecule has 0 aliphatic heterocycles. The summed E-state index contributed by atoms with van der Waals surface area (Å²) in [5.74, 6) is 0.548. The number of rotatable bonds is 7. The standard InChI is InChI=1S/C24H24F3NO2/c1-16(17-6-4-3-5-7-17)28-22(15-29)19-10-13-23(30-2)21(14-19)18-8-11-20(12-9-18)24(25,26)27/h3-14,16,22,28-29H,15H2,1-2H3/t16-,22+/m1/s1. The molecule has 0 bridgehead atoms. The lowest BCUT2D eigenvalue weighted by atomic mass is 9.97. The average molecular weight is 415 g/mol. The van der Waals surface area contributed by atoms with Crippen LogP contribution in [-0.4, -0.2) is 18.8 Å². The Kier molecular flexibility index (Phi) is 6.80. The van der Waals surface area contributed by atoms with Gasteiger partial charge in [-0.3, -0.25) is 0 Å². The molecule has 3 nitrogen and oxygen atoms in total. The number of aliphatic hydroxyl groups is 1. The van der Waals surface area contributed by atoms with Crippen LogP contribution in [0.2, 0.25) is 0 Å². The van der Waals surface area contributed by atoms with Gasteiger partial charge in [0.1, 0.15) is 5.75 Å². The molecule has 0 aromatic heterocycles. The van der Waals surface area contributed by atoms with Crippen molar-refractivity contribution < 1.29 is 23.0 Å². The fourth-order valence-electron chi connectivity index (χ4n) is 3.40. The predicted molar refractivity (Wildman–Crippen MR) is 111 cm³/mol. The molecule has 0 saturated carbocycles. The number of ether oxygens (including phenoxy) is 1. The van der Waals surface area contributed by atoms with Crippen molar-refractivity contribution in [2.45, 2.75) is 25.2 Å². The molecule has 2 N–H and O–H groups in total. The van der Waals surface area contributed by atoms with Crippen molar-refractivity contribution in [2.75, 3.05) is 13.7 Å². The monoisotopic (exact) mass is 415 g/mol. The highest BCUT2D eigenvalue weighted by atomic mass is 19.4. The van der Waals surface area contributed by atoms with E-state index in [4.69, 9.17) is 4.74 Å². The van der Waals surface area contributed by atoms with Crippen LogP contribution in [0, 0.1) is 0 Å². The van der Waals surface area contributed by atoms with Crippen molar-refractivity contribution in [3.63, 3.8) is 0 Å². The summed E-state index contributed by atoms with van der Waals surface area (Å²) >= 11 is 0. The van der Waals surface area contributed by atoms with Crippen LogP contribution in [0.25, 0.3) is 11.1 Å². The van der Waals surface area contributed by atoms with Gasteiger partial charge in [0.05, 0.1) is 25.3 Å². The van der Waals surface area contributed by atoms with E-state index in [0.717, 1.165) is 23.3 Å². The highest BCUT2D eigenvalue weighted by Gasteiger charge is 2.30. The number of methoxy groups -OCH3 is 1. The van der Waals surface area contributed by atoms with Gasteiger partial charge in [-0.15, -0.1) is 0 Å². The van der Waals surface area contributed by atoms with Gasteiger partial charge in [-0.25, -0.2) is 0 Å². The highest BCUT2D eigenvalue weighted by Crippen LogP contribution is 2.35. The van der Waals surface area contributed by atoms with E-state index in [1.54, 1.807) is 6.07 Å². The smallest absolute Gasteiger partial charge is 0.416 e. The topological polar surface area (TPSA) is 41.5 Å². The largest absolute Gasteiger partial charge is 0.496 e. The van der Waals surface area contributed by atoms with Gasteiger partial charge < -0.3 is 15.2 Å². The van der Waals surface area contributed by atoms with Gasteiger partial charge in [-0.2, -0.15) is 13.2 Å². The normalized spacial score (nSPS) is 13.7. The highest BCUT2D eigenvalue weighted by molar-refractivity contribution is 5.71. The van der Waals surface area contributed by atoms with Crippen LogP contribution in [0.15, 0.2) is 72.8 Å². The van der Waals surface area contributed by atoms with E-state index >= 15 is 0 Å². The molecule has 0 amide bonds. The number of halogens is 3. The molecule has 0 fully saturated rings. The minimum Gasteiger partial charge on any atom is -0.496 e. The molecule has 0 saturated heterocycles. The Labute approximate surface area is 174 Å². The van der Waals surface area contributed by atoms with Gasteiger partial charge in [0.2, 0.25) is 0 Å². The van der Waals surface area contributed by atoms with E-state index < -0.39 is 11.7 Å². The molecular weight excluding hydrogens is 391 g/mol. The van der Waals surface area contributed by atoms with Gasteiger partial charge in [-0.05, 0) is 47.9 Å². The van der Waals surface area contributed by atoms with Crippen LogP contribution >= 0.6 is 0 Å². The summed E-state index contributed by atoms with van der Waals surface area (Å²) < 4.78 is 44.1. The zero-order valence-corrected chi connectivity index (χ0v) is 16.8. The second-order valence-corrected chi connectivity index (χ2v) is 7.07. The Morgan fingerprint density at radius 1 is 0.933 bits per heavy atom. The van der Waals surface area contributed by atoms with Crippen LogP contribution in [0.4, 0.5) is 13.2 Å². The minimum absolute atomic E-state index is 0.0000271. The van der Waals surface area contributed by atoms with Crippen molar-refractivity contribution in [3.8, 4) is 16.9 Å². The maximum atomic E-state index is 12.9. The summed E-state index contributed by atoms with van der Waals surface area (Å²) in [5, 5.41) is 13.4. The predicted octanol–water partition coefficient (Wildman–Crippen LogP) is 5.77. The zero-order valence-electron chi connectivity index (χ0n) is 16.8. The lowest BCUT2D eigenvalue weighted by Crippen LogP contribution is -2.27. The first-order valence-electron chi connectivity index (χ1n) is 9.61. The molecule has 0 radical (unpaired) electrons. The fraction of sp³-hybridized carbons (Fsp3) is 0.250. The molecule has 0 heterocycles. The Bertz CT molecular complexity index is 956. The number of nitrogens with one attached hydrogen (secondary N) is 1. The third-order valence-electron chi connectivity index (χ3n) is 5.08. The summed E-state index contributed by atoms with van der Waals surface area (Å²) in [6, 6.07) is 19.9. The van der Waals surface area contributed by atoms with Gasteiger partial charge in [0.15, 0.2) is 0 Å². The second kappa shape index (κ2) is 9.32. The van der Waals surface area contributed by atoms with Crippen LogP contribution in [0.5, 0.6) is 5.75 Å². The number of aliphatic hydroxyl groups excluding tert-OH is 1. The molecule has 3 aromatic carbocycles. The molecular formula is C24H24F3NO2. The van der Waals surface area contributed by atoms with Gasteiger partial charge in [-0.1, -0.05) is 48.5 Å². The van der Waals surface area contributed by atoms with E-state index in [2.05, 4.69) is 5.32 Å². The molecule has 3 aromatic rings. The summed E-state index contributed by atoms with van der Waals surface area (Å²) in [6.07, 6.45) is -4.38. The molecule has 0 unspecified atom stereocenters. The molecule has 158 valence electrons. The van der Waals surface area contributed by atoms with Crippen LogP contribution in [-0.2, 0) is 6.18 Å². The van der Waals surface area contributed by atoms with Gasteiger partial charge in [0.25, 0.3) is 0 Å². The molecule has 0 aliphatic carbocycles. The summed E-state index contributed by atoms with van der Waals surface area (Å²) in [5.41, 5.74) is 2.47. The molecule has 3 rings (SSSR count). The van der Waals surface area contributed by atoms with Crippen molar-refractivity contribution in [3.05, 3.63) is 89.5 Å². The van der Waals surface area contributed by atoms with Crippen LogP contribution in [0.3, 0.4) is 0 Å².